The van der Waals surface area contributed by atoms with Crippen molar-refractivity contribution in [1.82, 2.24) is 24.8 Å². The Hall–Kier alpha value is -1.60. The molecular weight excluding hydrogens is 284 g/mol. The van der Waals surface area contributed by atoms with Crippen molar-refractivity contribution in [3.05, 3.63) is 28.9 Å². The number of hydrogen-bond acceptors (Lipinski definition) is 5. The third-order valence-electron chi connectivity index (χ3n) is 2.71. The number of hydrazine groups is 1. The molecule has 2 aromatic heterocycles. The van der Waals surface area contributed by atoms with E-state index in [1.807, 2.05) is 28.9 Å². The van der Waals surface area contributed by atoms with Crippen LogP contribution < -0.4 is 11.2 Å². The topological polar surface area (TPSA) is 71.5 Å². The van der Waals surface area contributed by atoms with Crippen LogP contribution in [-0.4, -0.2) is 33.0 Å². The number of aromatic nitrogens is 3. The molecule has 0 saturated carbocycles. The Kier molecular flexibility index (Phi) is 2.30. The fourth-order valence-electron chi connectivity index (χ4n) is 1.91. The molecule has 0 aromatic carbocycles. The van der Waals surface area contributed by atoms with Gasteiger partial charge in [-0.05, 0) is 15.9 Å². The quantitative estimate of drug-likeness (QED) is 0.816. The van der Waals surface area contributed by atoms with Gasteiger partial charge in [-0.1, -0.05) is 0 Å². The molecule has 1 aliphatic heterocycles. The van der Waals surface area contributed by atoms with E-state index in [9.17, 15) is 0 Å². The summed E-state index contributed by atoms with van der Waals surface area (Å²) in [5.74, 6) is 0.430. The van der Waals surface area contributed by atoms with Gasteiger partial charge in [0.15, 0.2) is 11.5 Å². The van der Waals surface area contributed by atoms with Crippen LogP contribution in [0, 0.1) is 0 Å². The minimum Gasteiger partial charge on any atom is -0.381 e. The molecule has 2 aromatic rings. The molecule has 0 spiro atoms. The number of halogens is 1. The molecule has 0 amide bonds. The van der Waals surface area contributed by atoms with Gasteiger partial charge in [-0.15, -0.1) is 0 Å². The van der Waals surface area contributed by atoms with Crippen molar-refractivity contribution in [3.8, 4) is 0 Å². The molecule has 0 bridgehead atoms. The number of nitrogens with zero attached hydrogens (tertiary/aromatic N) is 4. The molecule has 3 heterocycles. The van der Waals surface area contributed by atoms with Crippen LogP contribution in [0.15, 0.2) is 23.2 Å². The standard InChI is InChI=1S/C10H11BrN6/c1-16-5-6(2-15-16)7-3-14-10-9(12)13-4-8(11)17(7)10/h3-5,15H,2H2,1H3,(H2,12,13). The van der Waals surface area contributed by atoms with Gasteiger partial charge in [0.25, 0.3) is 0 Å². The highest BCUT2D eigenvalue weighted by atomic mass is 79.9. The predicted molar refractivity (Wildman–Crippen MR) is 68.8 cm³/mol. The summed E-state index contributed by atoms with van der Waals surface area (Å²) in [7, 11) is 1.96. The Labute approximate surface area is 106 Å². The second kappa shape index (κ2) is 3.71. The van der Waals surface area contributed by atoms with E-state index in [4.69, 9.17) is 5.73 Å². The highest BCUT2D eigenvalue weighted by Gasteiger charge is 2.17. The lowest BCUT2D eigenvalue weighted by atomic mass is 10.2. The van der Waals surface area contributed by atoms with Crippen LogP contribution in [0.1, 0.15) is 5.69 Å². The minimum atomic E-state index is 0.430. The van der Waals surface area contributed by atoms with Crippen molar-refractivity contribution in [3.63, 3.8) is 0 Å². The van der Waals surface area contributed by atoms with E-state index in [2.05, 4.69) is 31.3 Å². The zero-order chi connectivity index (χ0) is 12.0. The normalized spacial score (nSPS) is 15.6. The SMILES string of the molecule is CN1C=C(c2cnc3c(N)ncc(Br)n23)CN1. The van der Waals surface area contributed by atoms with E-state index in [1.54, 1.807) is 6.20 Å². The number of imidazole rings is 1. The number of nitrogens with two attached hydrogens (primary N) is 1. The van der Waals surface area contributed by atoms with Gasteiger partial charge in [-0.25, -0.2) is 15.4 Å². The highest BCUT2D eigenvalue weighted by Crippen LogP contribution is 2.24. The molecule has 88 valence electrons. The lowest BCUT2D eigenvalue weighted by Gasteiger charge is -2.05. The third kappa shape index (κ3) is 1.58. The van der Waals surface area contributed by atoms with E-state index in [0.29, 0.717) is 11.5 Å². The Bertz CT molecular complexity index is 617. The Morgan fingerprint density at radius 1 is 1.41 bits per heavy atom. The molecule has 0 atom stereocenters. The van der Waals surface area contributed by atoms with Crippen LogP contribution in [0.25, 0.3) is 11.2 Å². The van der Waals surface area contributed by atoms with Gasteiger partial charge in [-0.3, -0.25) is 4.40 Å². The number of fused-ring (bicyclic) bond motifs is 1. The lowest BCUT2D eigenvalue weighted by molar-refractivity contribution is 0.374. The summed E-state index contributed by atoms with van der Waals surface area (Å²) < 4.78 is 2.79. The van der Waals surface area contributed by atoms with E-state index >= 15 is 0 Å². The molecule has 7 heteroatoms. The number of anilines is 1. The first kappa shape index (κ1) is 10.5. The monoisotopic (exact) mass is 294 g/mol. The smallest absolute Gasteiger partial charge is 0.181 e. The molecule has 0 saturated heterocycles. The average Bonchev–Trinajstić information content (AvgIpc) is 2.89. The zero-order valence-corrected chi connectivity index (χ0v) is 10.8. The van der Waals surface area contributed by atoms with Crippen LogP contribution in [-0.2, 0) is 0 Å². The summed E-state index contributed by atoms with van der Waals surface area (Å²) >= 11 is 3.47. The molecule has 6 nitrogen and oxygen atoms in total. The van der Waals surface area contributed by atoms with Gasteiger partial charge >= 0.3 is 0 Å². The van der Waals surface area contributed by atoms with E-state index in [0.717, 1.165) is 22.4 Å². The van der Waals surface area contributed by atoms with Crippen LogP contribution >= 0.6 is 15.9 Å². The minimum absolute atomic E-state index is 0.430. The summed E-state index contributed by atoms with van der Waals surface area (Å²) in [6.07, 6.45) is 5.53. The van der Waals surface area contributed by atoms with Gasteiger partial charge in [0, 0.05) is 25.4 Å². The summed E-state index contributed by atoms with van der Waals surface area (Å²) in [6.45, 7) is 0.777. The number of nitrogens with one attached hydrogen (secondary N) is 1. The van der Waals surface area contributed by atoms with E-state index < -0.39 is 0 Å². The van der Waals surface area contributed by atoms with Crippen molar-refractivity contribution in [2.24, 2.45) is 0 Å². The first-order valence-electron chi connectivity index (χ1n) is 5.11. The fourth-order valence-corrected chi connectivity index (χ4v) is 2.37. The van der Waals surface area contributed by atoms with Gasteiger partial charge in [0.2, 0.25) is 0 Å². The number of hydrogen-bond donors (Lipinski definition) is 2. The Balaban J connectivity index is 2.25. The van der Waals surface area contributed by atoms with Crippen LogP contribution in [0.3, 0.4) is 0 Å². The van der Waals surface area contributed by atoms with Crippen molar-refractivity contribution >= 4 is 33.0 Å². The predicted octanol–water partition coefficient (Wildman–Crippen LogP) is 0.865. The second-order valence-corrected chi connectivity index (χ2v) is 4.68. The molecule has 0 aliphatic carbocycles. The van der Waals surface area contributed by atoms with Crippen LogP contribution in [0.5, 0.6) is 0 Å². The largest absolute Gasteiger partial charge is 0.381 e. The average molecular weight is 295 g/mol. The highest BCUT2D eigenvalue weighted by molar-refractivity contribution is 9.10. The van der Waals surface area contributed by atoms with Crippen LogP contribution in [0.4, 0.5) is 5.82 Å². The van der Waals surface area contributed by atoms with Crippen molar-refractivity contribution < 1.29 is 0 Å². The van der Waals surface area contributed by atoms with Gasteiger partial charge in [-0.2, -0.15) is 0 Å². The Morgan fingerprint density at radius 2 is 2.24 bits per heavy atom. The number of nitrogen functional groups attached to an aromatic ring is 1. The lowest BCUT2D eigenvalue weighted by Crippen LogP contribution is -2.23. The summed E-state index contributed by atoms with van der Waals surface area (Å²) in [5.41, 5.74) is 11.8. The molecular formula is C10H11BrN6. The van der Waals surface area contributed by atoms with Crippen LogP contribution in [0.2, 0.25) is 0 Å². The molecule has 0 unspecified atom stereocenters. The maximum absolute atomic E-state index is 5.80. The number of rotatable bonds is 1. The first-order chi connectivity index (χ1) is 8.16. The van der Waals surface area contributed by atoms with E-state index in [-0.39, 0.29) is 0 Å². The molecule has 3 rings (SSSR count). The summed E-state index contributed by atoms with van der Waals surface area (Å²) in [4.78, 5) is 8.37. The maximum atomic E-state index is 5.80. The first-order valence-corrected chi connectivity index (χ1v) is 5.91. The van der Waals surface area contributed by atoms with Gasteiger partial charge < -0.3 is 10.7 Å². The fraction of sp³-hybridized carbons (Fsp3) is 0.200. The zero-order valence-electron chi connectivity index (χ0n) is 9.18. The van der Waals surface area contributed by atoms with Gasteiger partial charge in [0.05, 0.1) is 18.1 Å². The molecule has 0 fully saturated rings. The van der Waals surface area contributed by atoms with Crippen molar-refractivity contribution in [1.29, 1.82) is 0 Å². The second-order valence-electron chi connectivity index (χ2n) is 3.87. The molecule has 1 aliphatic rings. The summed E-state index contributed by atoms with van der Waals surface area (Å²) in [5, 5.41) is 1.92. The van der Waals surface area contributed by atoms with Gasteiger partial charge in [0.1, 0.15) is 4.60 Å². The third-order valence-corrected chi connectivity index (χ3v) is 3.27. The van der Waals surface area contributed by atoms with Crippen molar-refractivity contribution in [2.75, 3.05) is 19.3 Å². The Morgan fingerprint density at radius 3 is 2.94 bits per heavy atom. The maximum Gasteiger partial charge on any atom is 0.181 e. The molecule has 3 N–H and O–H groups in total. The van der Waals surface area contributed by atoms with Crippen molar-refractivity contribution in [2.45, 2.75) is 0 Å². The summed E-state index contributed by atoms with van der Waals surface area (Å²) in [6, 6.07) is 0. The van der Waals surface area contributed by atoms with E-state index in [1.165, 1.54) is 0 Å². The molecule has 17 heavy (non-hydrogen) atoms. The molecule has 0 radical (unpaired) electrons.